The van der Waals surface area contributed by atoms with E-state index in [9.17, 15) is 8.42 Å². The lowest BCUT2D eigenvalue weighted by Crippen LogP contribution is -1.96. The van der Waals surface area contributed by atoms with E-state index in [4.69, 9.17) is 11.6 Å². The number of halogens is 1. The highest BCUT2D eigenvalue weighted by molar-refractivity contribution is 7.90. The Balaban J connectivity index is 2.46. The van der Waals surface area contributed by atoms with Crippen molar-refractivity contribution in [1.29, 1.82) is 0 Å². The van der Waals surface area contributed by atoms with E-state index in [1.165, 1.54) is 6.26 Å². The quantitative estimate of drug-likeness (QED) is 0.795. The zero-order valence-electron chi connectivity index (χ0n) is 10.0. The molecule has 0 N–H and O–H groups in total. The van der Waals surface area contributed by atoms with Gasteiger partial charge in [-0.3, -0.25) is 0 Å². The predicted molar refractivity (Wildman–Crippen MR) is 72.5 cm³/mol. The number of nitrogens with zero attached hydrogens (tertiary/aromatic N) is 1. The van der Waals surface area contributed by atoms with E-state index >= 15 is 0 Å². The average molecular weight is 282 g/mol. The third-order valence-electron chi connectivity index (χ3n) is 2.52. The van der Waals surface area contributed by atoms with Gasteiger partial charge in [-0.15, -0.1) is 0 Å². The summed E-state index contributed by atoms with van der Waals surface area (Å²) in [5.74, 6) is 0. The second-order valence-corrected chi connectivity index (χ2v) is 6.55. The molecule has 1 aromatic heterocycles. The van der Waals surface area contributed by atoms with E-state index in [1.54, 1.807) is 30.3 Å². The number of aromatic nitrogens is 1. The Morgan fingerprint density at radius 2 is 1.72 bits per heavy atom. The maximum Gasteiger partial charge on any atom is 0.175 e. The first-order chi connectivity index (χ1) is 8.36. The van der Waals surface area contributed by atoms with Crippen molar-refractivity contribution < 1.29 is 8.42 Å². The molecule has 5 heteroatoms. The fourth-order valence-electron chi connectivity index (χ4n) is 1.65. The Bertz CT molecular complexity index is 658. The van der Waals surface area contributed by atoms with Crippen LogP contribution in [0, 0.1) is 6.92 Å². The largest absolute Gasteiger partial charge is 0.236 e. The van der Waals surface area contributed by atoms with E-state index in [2.05, 4.69) is 4.98 Å². The first kappa shape index (κ1) is 13.1. The molecule has 0 aliphatic carbocycles. The summed E-state index contributed by atoms with van der Waals surface area (Å²) in [7, 11) is -3.16. The number of rotatable bonds is 2. The molecule has 0 saturated heterocycles. The molecule has 0 radical (unpaired) electrons. The Labute approximate surface area is 111 Å². The molecule has 18 heavy (non-hydrogen) atoms. The molecule has 0 unspecified atom stereocenters. The zero-order valence-corrected chi connectivity index (χ0v) is 11.6. The van der Waals surface area contributed by atoms with Crippen LogP contribution in [0.2, 0.25) is 5.15 Å². The lowest BCUT2D eigenvalue weighted by molar-refractivity contribution is 0.602. The van der Waals surface area contributed by atoms with Gasteiger partial charge in [-0.05, 0) is 36.8 Å². The smallest absolute Gasteiger partial charge is 0.175 e. The third kappa shape index (κ3) is 2.89. The van der Waals surface area contributed by atoms with Gasteiger partial charge in [0.05, 0.1) is 10.6 Å². The van der Waals surface area contributed by atoms with Gasteiger partial charge in [-0.25, -0.2) is 13.4 Å². The van der Waals surface area contributed by atoms with Crippen LogP contribution in [-0.4, -0.2) is 19.7 Å². The Morgan fingerprint density at radius 1 is 1.11 bits per heavy atom. The SMILES string of the molecule is Cc1cc(Cl)nc(-c2ccc(S(C)(=O)=O)cc2)c1. The molecule has 0 bridgehead atoms. The number of pyridine rings is 1. The lowest BCUT2D eigenvalue weighted by atomic mass is 10.1. The fourth-order valence-corrected chi connectivity index (χ4v) is 2.54. The molecular weight excluding hydrogens is 270 g/mol. The highest BCUT2D eigenvalue weighted by Crippen LogP contribution is 2.22. The molecule has 0 fully saturated rings. The molecule has 0 spiro atoms. The van der Waals surface area contributed by atoms with Crippen molar-refractivity contribution in [2.75, 3.05) is 6.26 Å². The Morgan fingerprint density at radius 3 is 2.22 bits per heavy atom. The van der Waals surface area contributed by atoms with Crippen LogP contribution in [0.3, 0.4) is 0 Å². The highest BCUT2D eigenvalue weighted by atomic mass is 35.5. The van der Waals surface area contributed by atoms with Gasteiger partial charge >= 0.3 is 0 Å². The van der Waals surface area contributed by atoms with Crippen LogP contribution < -0.4 is 0 Å². The van der Waals surface area contributed by atoms with Gasteiger partial charge in [0.25, 0.3) is 0 Å². The first-order valence-electron chi connectivity index (χ1n) is 5.31. The van der Waals surface area contributed by atoms with Crippen LogP contribution in [0.25, 0.3) is 11.3 Å². The zero-order chi connectivity index (χ0) is 13.3. The topological polar surface area (TPSA) is 47.0 Å². The maximum atomic E-state index is 11.4. The maximum absolute atomic E-state index is 11.4. The van der Waals surface area contributed by atoms with E-state index in [1.807, 2.05) is 13.0 Å². The summed E-state index contributed by atoms with van der Waals surface area (Å²) >= 11 is 5.90. The molecule has 1 aromatic carbocycles. The van der Waals surface area contributed by atoms with Crippen molar-refractivity contribution in [3.63, 3.8) is 0 Å². The summed E-state index contributed by atoms with van der Waals surface area (Å²) in [6, 6.07) is 10.3. The Kier molecular flexibility index (Phi) is 3.41. The highest BCUT2D eigenvalue weighted by Gasteiger charge is 2.08. The molecule has 0 atom stereocenters. The number of aryl methyl sites for hydroxylation is 1. The van der Waals surface area contributed by atoms with E-state index in [-0.39, 0.29) is 0 Å². The van der Waals surface area contributed by atoms with Crippen molar-refractivity contribution in [2.45, 2.75) is 11.8 Å². The van der Waals surface area contributed by atoms with Crippen LogP contribution in [0.15, 0.2) is 41.3 Å². The summed E-state index contributed by atoms with van der Waals surface area (Å²) in [6.45, 7) is 1.93. The number of benzene rings is 1. The number of sulfone groups is 1. The van der Waals surface area contributed by atoms with Crippen LogP contribution in [0.5, 0.6) is 0 Å². The third-order valence-corrected chi connectivity index (χ3v) is 3.84. The Hall–Kier alpha value is -1.39. The second kappa shape index (κ2) is 4.71. The van der Waals surface area contributed by atoms with Gasteiger partial charge in [0.1, 0.15) is 5.15 Å². The van der Waals surface area contributed by atoms with E-state index < -0.39 is 9.84 Å². The summed E-state index contributed by atoms with van der Waals surface area (Å²) in [4.78, 5) is 4.51. The first-order valence-corrected chi connectivity index (χ1v) is 7.58. The lowest BCUT2D eigenvalue weighted by Gasteiger charge is -2.04. The molecule has 1 heterocycles. The molecule has 0 aliphatic rings. The van der Waals surface area contributed by atoms with Crippen LogP contribution in [0.4, 0.5) is 0 Å². The molecule has 94 valence electrons. The van der Waals surface area contributed by atoms with Crippen molar-refractivity contribution in [1.82, 2.24) is 4.98 Å². The molecule has 0 amide bonds. The second-order valence-electron chi connectivity index (χ2n) is 4.15. The fraction of sp³-hybridized carbons (Fsp3) is 0.154. The molecule has 2 aromatic rings. The van der Waals surface area contributed by atoms with Gasteiger partial charge in [-0.1, -0.05) is 23.7 Å². The van der Waals surface area contributed by atoms with E-state index in [0.29, 0.717) is 10.0 Å². The minimum absolute atomic E-state index is 0.296. The van der Waals surface area contributed by atoms with Gasteiger partial charge < -0.3 is 0 Å². The minimum atomic E-state index is -3.16. The summed E-state index contributed by atoms with van der Waals surface area (Å²) in [5, 5.41) is 0.428. The summed E-state index contributed by atoms with van der Waals surface area (Å²) in [5.41, 5.74) is 2.59. The van der Waals surface area contributed by atoms with Gasteiger partial charge in [0.15, 0.2) is 9.84 Å². The number of hydrogen-bond donors (Lipinski definition) is 0. The minimum Gasteiger partial charge on any atom is -0.236 e. The normalized spacial score (nSPS) is 11.5. The average Bonchev–Trinajstić information content (AvgIpc) is 2.27. The molecule has 0 aliphatic heterocycles. The van der Waals surface area contributed by atoms with Crippen molar-refractivity contribution >= 4 is 21.4 Å². The van der Waals surface area contributed by atoms with Crippen molar-refractivity contribution in [3.8, 4) is 11.3 Å². The van der Waals surface area contributed by atoms with Crippen molar-refractivity contribution in [2.24, 2.45) is 0 Å². The van der Waals surface area contributed by atoms with Crippen LogP contribution in [-0.2, 0) is 9.84 Å². The van der Waals surface area contributed by atoms with Gasteiger partial charge in [0, 0.05) is 11.8 Å². The standard InChI is InChI=1S/C13H12ClNO2S/c1-9-7-12(15-13(14)8-9)10-3-5-11(6-4-10)18(2,16)17/h3-8H,1-2H3. The summed E-state index contributed by atoms with van der Waals surface area (Å²) in [6.07, 6.45) is 1.18. The molecule has 2 rings (SSSR count). The summed E-state index contributed by atoms with van der Waals surface area (Å²) < 4.78 is 22.7. The number of hydrogen-bond acceptors (Lipinski definition) is 3. The molecular formula is C13H12ClNO2S. The molecule has 3 nitrogen and oxygen atoms in total. The van der Waals surface area contributed by atoms with Crippen LogP contribution in [0.1, 0.15) is 5.56 Å². The molecule has 0 saturated carbocycles. The van der Waals surface area contributed by atoms with Gasteiger partial charge in [0.2, 0.25) is 0 Å². The van der Waals surface area contributed by atoms with E-state index in [0.717, 1.165) is 16.8 Å². The van der Waals surface area contributed by atoms with Gasteiger partial charge in [-0.2, -0.15) is 0 Å². The van der Waals surface area contributed by atoms with Crippen LogP contribution >= 0.6 is 11.6 Å². The monoisotopic (exact) mass is 281 g/mol. The van der Waals surface area contributed by atoms with Crippen molar-refractivity contribution in [3.05, 3.63) is 47.1 Å². The predicted octanol–water partition coefficient (Wildman–Crippen LogP) is 3.11.